The molecule has 0 saturated carbocycles. The molecule has 84 valence electrons. The molecule has 1 unspecified atom stereocenters. The van der Waals surface area contributed by atoms with Gasteiger partial charge in [-0.15, -0.1) is 5.10 Å². The lowest BCUT2D eigenvalue weighted by Gasteiger charge is -2.08. The predicted molar refractivity (Wildman–Crippen MR) is 51.6 cm³/mol. The Morgan fingerprint density at radius 1 is 1.67 bits per heavy atom. The van der Waals surface area contributed by atoms with E-state index in [-0.39, 0.29) is 11.2 Å². The molecule has 1 rings (SSSR count). The highest BCUT2D eigenvalue weighted by molar-refractivity contribution is 8.00. The van der Waals surface area contributed by atoms with Gasteiger partial charge in [0.15, 0.2) is 5.16 Å². The lowest BCUT2D eigenvalue weighted by atomic mass is 10.4. The summed E-state index contributed by atoms with van der Waals surface area (Å²) < 4.78 is 14.1. The monoisotopic (exact) mass is 235 g/mol. The molecule has 0 spiro atoms. The number of thioether (sulfide) groups is 1. The molecule has 0 radical (unpaired) electrons. The van der Waals surface area contributed by atoms with Crippen molar-refractivity contribution in [2.75, 3.05) is 0 Å². The first-order valence-corrected chi connectivity index (χ1v) is 5.02. The van der Waals surface area contributed by atoms with Gasteiger partial charge in [0.25, 0.3) is 0 Å². The van der Waals surface area contributed by atoms with Crippen LogP contribution in [0.1, 0.15) is 19.9 Å². The van der Waals surface area contributed by atoms with Crippen molar-refractivity contribution in [3.63, 3.8) is 0 Å². The average molecular weight is 235 g/mol. The van der Waals surface area contributed by atoms with Crippen LogP contribution in [0, 0.1) is 0 Å². The fraction of sp³-hybridized carbons (Fsp3) is 0.571. The third kappa shape index (κ3) is 2.58. The second-order valence-corrected chi connectivity index (χ2v) is 4.06. The Hall–Kier alpha value is -1.31. The molecular weight excluding hydrogens is 225 g/mol. The van der Waals surface area contributed by atoms with Gasteiger partial charge in [-0.25, -0.2) is 19.1 Å². The smallest absolute Gasteiger partial charge is 0.349 e. The number of rotatable bonds is 4. The molecule has 0 fully saturated rings. The normalized spacial score (nSPS) is 13.1. The molecule has 1 heterocycles. The van der Waals surface area contributed by atoms with Crippen LogP contribution in [0.15, 0.2) is 9.95 Å². The third-order valence-corrected chi connectivity index (χ3v) is 2.50. The molecule has 0 saturated heterocycles. The van der Waals surface area contributed by atoms with Crippen LogP contribution in [0.4, 0.5) is 4.39 Å². The molecule has 0 amide bonds. The Bertz CT molecular complexity index is 414. The maximum absolute atomic E-state index is 12.9. The Balaban J connectivity index is 2.96. The van der Waals surface area contributed by atoms with E-state index in [1.807, 2.05) is 0 Å². The van der Waals surface area contributed by atoms with Crippen LogP contribution >= 0.6 is 11.8 Å². The summed E-state index contributed by atoms with van der Waals surface area (Å²) in [6.07, 6.45) is 0. The van der Waals surface area contributed by atoms with E-state index >= 15 is 0 Å². The van der Waals surface area contributed by atoms with Gasteiger partial charge in [-0.05, 0) is 25.6 Å². The summed E-state index contributed by atoms with van der Waals surface area (Å²) in [5.74, 6) is -1.59. The third-order valence-electron chi connectivity index (χ3n) is 1.59. The zero-order valence-electron chi connectivity index (χ0n) is 8.10. The molecule has 8 heteroatoms. The fourth-order valence-electron chi connectivity index (χ4n) is 0.972. The topological polar surface area (TPSA) is 88.0 Å². The predicted octanol–water partition coefficient (Wildman–Crippen LogP) is 0.625. The van der Waals surface area contributed by atoms with Gasteiger partial charge in [0.05, 0.1) is 0 Å². The van der Waals surface area contributed by atoms with Crippen molar-refractivity contribution in [3.05, 3.63) is 10.5 Å². The first-order chi connectivity index (χ1) is 6.93. The molecule has 0 aromatic carbocycles. The molecule has 1 aromatic heterocycles. The molecule has 0 aliphatic heterocycles. The lowest BCUT2D eigenvalue weighted by molar-refractivity contribution is -0.139. The quantitative estimate of drug-likeness (QED) is 0.747. The number of carbonyl (C=O) groups is 1. The highest BCUT2D eigenvalue weighted by Gasteiger charge is 2.22. The standard InChI is InChI=1S/C7H10FN3O3S/c1-3(2)11-6(14)9-10-7(11)15-4(8)5(12)13/h3-4H,1-2H3,(H,9,14)(H,12,13). The van der Waals surface area contributed by atoms with Crippen LogP contribution < -0.4 is 5.69 Å². The number of aromatic amines is 1. The summed E-state index contributed by atoms with van der Waals surface area (Å²) >= 11 is 0.382. The summed E-state index contributed by atoms with van der Waals surface area (Å²) in [6.45, 7) is 3.43. The fourth-order valence-corrected chi connectivity index (χ4v) is 1.76. The Kier molecular flexibility index (Phi) is 3.51. The first kappa shape index (κ1) is 11.8. The van der Waals surface area contributed by atoms with Gasteiger partial charge in [-0.2, -0.15) is 0 Å². The van der Waals surface area contributed by atoms with E-state index in [4.69, 9.17) is 5.11 Å². The molecule has 0 aliphatic rings. The average Bonchev–Trinajstić information content (AvgIpc) is 2.46. The Morgan fingerprint density at radius 2 is 2.27 bits per heavy atom. The van der Waals surface area contributed by atoms with Crippen LogP contribution in [0.2, 0.25) is 0 Å². The van der Waals surface area contributed by atoms with Crippen LogP contribution in [0.5, 0.6) is 0 Å². The number of hydrogen-bond donors (Lipinski definition) is 2. The number of H-pyrrole nitrogens is 1. The SMILES string of the molecule is CC(C)n1c(SC(F)C(=O)O)n[nH]c1=O. The first-order valence-electron chi connectivity index (χ1n) is 4.14. The zero-order valence-corrected chi connectivity index (χ0v) is 8.92. The van der Waals surface area contributed by atoms with Gasteiger partial charge in [0, 0.05) is 6.04 Å². The summed E-state index contributed by atoms with van der Waals surface area (Å²) in [4.78, 5) is 21.5. The highest BCUT2D eigenvalue weighted by atomic mass is 32.2. The van der Waals surface area contributed by atoms with Crippen LogP contribution in [0.25, 0.3) is 0 Å². The number of carboxylic acid groups (broad SMARTS) is 1. The number of hydrogen-bond acceptors (Lipinski definition) is 4. The van der Waals surface area contributed by atoms with Crippen LogP contribution in [-0.4, -0.2) is 31.3 Å². The molecule has 2 N–H and O–H groups in total. The molecule has 0 bridgehead atoms. The van der Waals surface area contributed by atoms with Crippen molar-refractivity contribution in [1.82, 2.24) is 14.8 Å². The number of nitrogens with zero attached hydrogens (tertiary/aromatic N) is 2. The molecule has 15 heavy (non-hydrogen) atoms. The minimum Gasteiger partial charge on any atom is -0.478 e. The summed E-state index contributed by atoms with van der Waals surface area (Å²) in [6, 6.07) is -0.209. The molecule has 0 aliphatic carbocycles. The van der Waals surface area contributed by atoms with E-state index in [2.05, 4.69) is 10.2 Å². The van der Waals surface area contributed by atoms with Crippen molar-refractivity contribution in [2.24, 2.45) is 0 Å². The number of alkyl halides is 1. The van der Waals surface area contributed by atoms with Crippen molar-refractivity contribution in [2.45, 2.75) is 30.5 Å². The molecular formula is C7H10FN3O3S. The second kappa shape index (κ2) is 4.47. The zero-order chi connectivity index (χ0) is 11.6. The molecule has 1 atom stereocenters. The van der Waals surface area contributed by atoms with E-state index in [9.17, 15) is 14.0 Å². The van der Waals surface area contributed by atoms with Crippen molar-refractivity contribution in [3.8, 4) is 0 Å². The Morgan fingerprint density at radius 3 is 2.73 bits per heavy atom. The van der Waals surface area contributed by atoms with Crippen LogP contribution in [0.3, 0.4) is 0 Å². The van der Waals surface area contributed by atoms with Crippen molar-refractivity contribution < 1.29 is 14.3 Å². The van der Waals surface area contributed by atoms with Crippen molar-refractivity contribution >= 4 is 17.7 Å². The van der Waals surface area contributed by atoms with Crippen LogP contribution in [-0.2, 0) is 4.79 Å². The largest absolute Gasteiger partial charge is 0.478 e. The molecule has 6 nitrogen and oxygen atoms in total. The summed E-state index contributed by atoms with van der Waals surface area (Å²) in [7, 11) is 0. The number of aromatic nitrogens is 3. The van der Waals surface area contributed by atoms with Gasteiger partial charge in [-0.1, -0.05) is 0 Å². The maximum atomic E-state index is 12.9. The minimum atomic E-state index is -2.13. The number of aliphatic carboxylic acids is 1. The second-order valence-electron chi connectivity index (χ2n) is 3.05. The van der Waals surface area contributed by atoms with Gasteiger partial charge in [-0.3, -0.25) is 4.57 Å². The minimum absolute atomic E-state index is 0.0323. The van der Waals surface area contributed by atoms with Gasteiger partial charge >= 0.3 is 11.7 Å². The highest BCUT2D eigenvalue weighted by Crippen LogP contribution is 2.22. The van der Waals surface area contributed by atoms with Gasteiger partial charge in [0.1, 0.15) is 0 Å². The van der Waals surface area contributed by atoms with Gasteiger partial charge in [0.2, 0.25) is 5.50 Å². The van der Waals surface area contributed by atoms with Crippen molar-refractivity contribution in [1.29, 1.82) is 0 Å². The van der Waals surface area contributed by atoms with Gasteiger partial charge < -0.3 is 5.11 Å². The van der Waals surface area contributed by atoms with E-state index < -0.39 is 17.2 Å². The van der Waals surface area contributed by atoms with E-state index in [0.717, 1.165) is 0 Å². The number of nitrogens with one attached hydrogen (secondary N) is 1. The summed E-state index contributed by atoms with van der Waals surface area (Å²) in [5, 5.41) is 14.1. The Labute approximate surface area is 88.5 Å². The van der Waals surface area contributed by atoms with E-state index in [1.165, 1.54) is 4.57 Å². The number of carboxylic acids is 1. The van der Waals surface area contributed by atoms with E-state index in [0.29, 0.717) is 11.8 Å². The van der Waals surface area contributed by atoms with E-state index in [1.54, 1.807) is 13.8 Å². The number of halogens is 1. The summed E-state index contributed by atoms with van der Waals surface area (Å²) in [5.41, 5.74) is -2.61. The maximum Gasteiger partial charge on any atom is 0.349 e. The molecule has 1 aromatic rings. The lowest BCUT2D eigenvalue weighted by Crippen LogP contribution is -2.20.